The molecule has 0 saturated carbocycles. The van der Waals surface area contributed by atoms with Gasteiger partial charge in [0, 0.05) is 7.05 Å². The van der Waals surface area contributed by atoms with Crippen molar-refractivity contribution in [1.82, 2.24) is 0 Å². The first-order valence-electron chi connectivity index (χ1n) is 8.44. The van der Waals surface area contributed by atoms with Crippen LogP contribution in [0.15, 0.2) is 88.7 Å². The van der Waals surface area contributed by atoms with Crippen molar-refractivity contribution >= 4 is 31.4 Å². The van der Waals surface area contributed by atoms with Crippen LogP contribution in [0.25, 0.3) is 0 Å². The van der Waals surface area contributed by atoms with Crippen molar-refractivity contribution in [3.05, 3.63) is 84.4 Å². The molecular formula is C20H20N2O4S2. The standard InChI is InChI=1S/C20H20N2O4S2/c1-16-11-13-19(14-12-16)27(23,24)21-17-7-6-10-20(15-17)28(25,26)22(2)18-8-4-3-5-9-18/h3-15,21H,1-2H3. The number of aryl methyl sites for hydroxylation is 1. The summed E-state index contributed by atoms with van der Waals surface area (Å²) < 4.78 is 54.5. The fraction of sp³-hybridized carbons (Fsp3) is 0.100. The molecule has 0 atom stereocenters. The third kappa shape index (κ3) is 4.18. The largest absolute Gasteiger partial charge is 0.280 e. The fourth-order valence-corrected chi connectivity index (χ4v) is 4.88. The quantitative estimate of drug-likeness (QED) is 0.665. The van der Waals surface area contributed by atoms with E-state index >= 15 is 0 Å². The molecule has 0 unspecified atom stereocenters. The molecule has 0 aliphatic rings. The van der Waals surface area contributed by atoms with Crippen molar-refractivity contribution in [2.45, 2.75) is 16.7 Å². The summed E-state index contributed by atoms with van der Waals surface area (Å²) in [6.07, 6.45) is 0. The van der Waals surface area contributed by atoms with Crippen LogP contribution in [-0.4, -0.2) is 23.9 Å². The van der Waals surface area contributed by atoms with Gasteiger partial charge in [-0.25, -0.2) is 16.8 Å². The molecule has 0 bridgehead atoms. The van der Waals surface area contributed by atoms with Crippen LogP contribution in [0.4, 0.5) is 11.4 Å². The molecule has 0 heterocycles. The lowest BCUT2D eigenvalue weighted by Crippen LogP contribution is -2.26. The van der Waals surface area contributed by atoms with Gasteiger partial charge in [-0.05, 0) is 49.4 Å². The van der Waals surface area contributed by atoms with Gasteiger partial charge in [0.25, 0.3) is 20.0 Å². The summed E-state index contributed by atoms with van der Waals surface area (Å²) in [6, 6.07) is 20.8. The van der Waals surface area contributed by atoms with Gasteiger partial charge in [0.05, 0.1) is 21.2 Å². The van der Waals surface area contributed by atoms with Gasteiger partial charge < -0.3 is 0 Å². The van der Waals surface area contributed by atoms with Gasteiger partial charge in [-0.3, -0.25) is 9.03 Å². The van der Waals surface area contributed by atoms with E-state index in [1.165, 1.54) is 43.4 Å². The molecule has 0 amide bonds. The number of hydrogen-bond donors (Lipinski definition) is 1. The van der Waals surface area contributed by atoms with Gasteiger partial charge in [0.1, 0.15) is 0 Å². The topological polar surface area (TPSA) is 83.5 Å². The molecule has 28 heavy (non-hydrogen) atoms. The lowest BCUT2D eigenvalue weighted by Gasteiger charge is -2.20. The van der Waals surface area contributed by atoms with Crippen LogP contribution >= 0.6 is 0 Å². The summed E-state index contributed by atoms with van der Waals surface area (Å²) in [4.78, 5) is 0.0933. The molecule has 0 aliphatic carbocycles. The number of rotatable bonds is 6. The van der Waals surface area contributed by atoms with E-state index in [9.17, 15) is 16.8 Å². The molecule has 0 radical (unpaired) electrons. The number of para-hydroxylation sites is 1. The summed E-state index contributed by atoms with van der Waals surface area (Å²) >= 11 is 0. The maximum Gasteiger partial charge on any atom is 0.264 e. The minimum absolute atomic E-state index is 0.0111. The number of nitrogens with one attached hydrogen (secondary N) is 1. The third-order valence-electron chi connectivity index (χ3n) is 4.20. The average molecular weight is 417 g/mol. The van der Waals surface area contributed by atoms with Crippen LogP contribution in [0.1, 0.15) is 5.56 Å². The first-order chi connectivity index (χ1) is 13.2. The Morgan fingerprint density at radius 3 is 2.04 bits per heavy atom. The Morgan fingerprint density at radius 1 is 0.750 bits per heavy atom. The zero-order chi connectivity index (χ0) is 20.4. The second-order valence-corrected chi connectivity index (χ2v) is 9.91. The van der Waals surface area contributed by atoms with Crippen LogP contribution < -0.4 is 9.03 Å². The minimum atomic E-state index is -3.84. The molecule has 146 valence electrons. The molecule has 6 nitrogen and oxygen atoms in total. The minimum Gasteiger partial charge on any atom is -0.280 e. The second kappa shape index (κ2) is 7.65. The van der Waals surface area contributed by atoms with Crippen LogP contribution in [0.5, 0.6) is 0 Å². The zero-order valence-electron chi connectivity index (χ0n) is 15.4. The van der Waals surface area contributed by atoms with Gasteiger partial charge in [0.2, 0.25) is 0 Å². The molecular weight excluding hydrogens is 396 g/mol. The molecule has 0 aliphatic heterocycles. The Morgan fingerprint density at radius 2 is 1.39 bits per heavy atom. The van der Waals surface area contributed by atoms with E-state index in [0.717, 1.165) is 9.87 Å². The molecule has 0 saturated heterocycles. The first kappa shape index (κ1) is 19.9. The molecule has 0 fully saturated rings. The molecule has 3 rings (SSSR count). The molecule has 1 N–H and O–H groups in total. The highest BCUT2D eigenvalue weighted by Crippen LogP contribution is 2.25. The van der Waals surface area contributed by atoms with Gasteiger partial charge in [-0.1, -0.05) is 42.0 Å². The third-order valence-corrected chi connectivity index (χ3v) is 7.37. The smallest absolute Gasteiger partial charge is 0.264 e. The highest BCUT2D eigenvalue weighted by Gasteiger charge is 2.22. The molecule has 0 spiro atoms. The number of anilines is 2. The normalized spacial score (nSPS) is 11.8. The van der Waals surface area contributed by atoms with Crippen LogP contribution in [0, 0.1) is 6.92 Å². The molecule has 8 heteroatoms. The van der Waals surface area contributed by atoms with Crippen molar-refractivity contribution < 1.29 is 16.8 Å². The highest BCUT2D eigenvalue weighted by molar-refractivity contribution is 7.93. The number of nitrogens with zero attached hydrogens (tertiary/aromatic N) is 1. The van der Waals surface area contributed by atoms with Crippen molar-refractivity contribution in [3.8, 4) is 0 Å². The van der Waals surface area contributed by atoms with E-state index in [1.54, 1.807) is 42.5 Å². The number of hydrogen-bond acceptors (Lipinski definition) is 4. The SMILES string of the molecule is Cc1ccc(S(=O)(=O)Nc2cccc(S(=O)(=O)N(C)c3ccccc3)c2)cc1. The summed E-state index contributed by atoms with van der Waals surface area (Å²) in [6.45, 7) is 1.86. The second-order valence-electron chi connectivity index (χ2n) is 6.25. The van der Waals surface area contributed by atoms with E-state index in [1.807, 2.05) is 6.92 Å². The highest BCUT2D eigenvalue weighted by atomic mass is 32.2. The van der Waals surface area contributed by atoms with Crippen LogP contribution in [-0.2, 0) is 20.0 Å². The molecule has 3 aromatic rings. The van der Waals surface area contributed by atoms with Gasteiger partial charge in [-0.15, -0.1) is 0 Å². The Kier molecular flexibility index (Phi) is 5.44. The predicted molar refractivity (Wildman–Crippen MR) is 110 cm³/mol. The Bertz CT molecular complexity index is 1170. The van der Waals surface area contributed by atoms with Gasteiger partial charge in [-0.2, -0.15) is 0 Å². The lowest BCUT2D eigenvalue weighted by molar-refractivity contribution is 0.593. The van der Waals surface area contributed by atoms with E-state index in [2.05, 4.69) is 4.72 Å². The maximum atomic E-state index is 12.9. The first-order valence-corrected chi connectivity index (χ1v) is 11.4. The van der Waals surface area contributed by atoms with Crippen LogP contribution in [0.3, 0.4) is 0 Å². The predicted octanol–water partition coefficient (Wildman–Crippen LogP) is 3.62. The van der Waals surface area contributed by atoms with E-state index in [0.29, 0.717) is 5.69 Å². The Hall–Kier alpha value is -2.84. The molecule has 0 aromatic heterocycles. The number of sulfonamides is 2. The van der Waals surface area contributed by atoms with E-state index < -0.39 is 20.0 Å². The van der Waals surface area contributed by atoms with Crippen LogP contribution in [0.2, 0.25) is 0 Å². The Balaban J connectivity index is 1.91. The van der Waals surface area contributed by atoms with Crippen molar-refractivity contribution in [2.24, 2.45) is 0 Å². The summed E-state index contributed by atoms with van der Waals surface area (Å²) in [5.74, 6) is 0. The zero-order valence-corrected chi connectivity index (χ0v) is 17.0. The van der Waals surface area contributed by atoms with E-state index in [4.69, 9.17) is 0 Å². The average Bonchev–Trinajstić information content (AvgIpc) is 2.68. The number of benzene rings is 3. The molecule has 3 aromatic carbocycles. The lowest BCUT2D eigenvalue weighted by atomic mass is 10.2. The van der Waals surface area contributed by atoms with E-state index in [-0.39, 0.29) is 15.5 Å². The summed E-state index contributed by atoms with van der Waals surface area (Å²) in [5, 5.41) is 0. The monoisotopic (exact) mass is 416 g/mol. The Labute approximate surface area is 165 Å². The summed E-state index contributed by atoms with van der Waals surface area (Å²) in [7, 11) is -6.21. The van der Waals surface area contributed by atoms with Crippen molar-refractivity contribution in [2.75, 3.05) is 16.1 Å². The fourth-order valence-electron chi connectivity index (χ4n) is 2.59. The van der Waals surface area contributed by atoms with Gasteiger partial charge in [0.15, 0.2) is 0 Å². The van der Waals surface area contributed by atoms with Crippen molar-refractivity contribution in [3.63, 3.8) is 0 Å². The maximum absolute atomic E-state index is 12.9. The van der Waals surface area contributed by atoms with Gasteiger partial charge >= 0.3 is 0 Å². The summed E-state index contributed by atoms with van der Waals surface area (Å²) in [5.41, 5.74) is 1.62. The van der Waals surface area contributed by atoms with Crippen molar-refractivity contribution in [1.29, 1.82) is 0 Å².